The van der Waals surface area contributed by atoms with Gasteiger partial charge in [0.25, 0.3) is 5.78 Å². The van der Waals surface area contributed by atoms with E-state index in [0.717, 1.165) is 29.4 Å². The van der Waals surface area contributed by atoms with Gasteiger partial charge in [-0.15, -0.1) is 0 Å². The van der Waals surface area contributed by atoms with E-state index in [1.807, 2.05) is 0 Å². The van der Waals surface area contributed by atoms with E-state index in [4.69, 9.17) is 8.83 Å². The Morgan fingerprint density at radius 2 is 1.21 bits per heavy atom. The Bertz CT molecular complexity index is 910. The minimum atomic E-state index is 0.653. The van der Waals surface area contributed by atoms with Crippen LogP contribution in [0, 0.1) is 0 Å². The van der Waals surface area contributed by atoms with Gasteiger partial charge in [0.15, 0.2) is 0 Å². The summed E-state index contributed by atoms with van der Waals surface area (Å²) in [5.41, 5.74) is 4.60. The van der Waals surface area contributed by atoms with E-state index in [1.165, 1.54) is 47.6 Å². The molecule has 2 heteroatoms. The van der Waals surface area contributed by atoms with Crippen molar-refractivity contribution in [2.24, 2.45) is 0 Å². The number of rotatable bonds is 6. The minimum Gasteiger partial charge on any atom is -0.425 e. The standard InChI is InChI=1S/C22H24O2/c1-3-5-7-15-9-11-19-17(13-15)21-18-14-16(8-6-4-2)10-12-20(18)24-22(21)23-19/h9-14H,3-8H2,1-2H3. The van der Waals surface area contributed by atoms with Crippen molar-refractivity contribution in [3.05, 3.63) is 47.5 Å². The highest BCUT2D eigenvalue weighted by Gasteiger charge is 2.16. The maximum atomic E-state index is 5.95. The predicted molar refractivity (Wildman–Crippen MR) is 101 cm³/mol. The van der Waals surface area contributed by atoms with Crippen LogP contribution < -0.4 is 0 Å². The quantitative estimate of drug-likeness (QED) is 0.381. The average molecular weight is 320 g/mol. The van der Waals surface area contributed by atoms with Gasteiger partial charge in [0.2, 0.25) is 0 Å². The molecule has 0 unspecified atom stereocenters. The normalized spacial score (nSPS) is 11.9. The Hall–Kier alpha value is -2.22. The molecule has 0 saturated carbocycles. The third-order valence-corrected chi connectivity index (χ3v) is 4.87. The average Bonchev–Trinajstić information content (AvgIpc) is 3.13. The highest BCUT2D eigenvalue weighted by atomic mass is 16.5. The fourth-order valence-electron chi connectivity index (χ4n) is 3.48. The van der Waals surface area contributed by atoms with Crippen molar-refractivity contribution in [2.45, 2.75) is 52.4 Å². The summed E-state index contributed by atoms with van der Waals surface area (Å²) in [6.45, 7) is 4.46. The molecule has 0 N–H and O–H groups in total. The number of fused-ring (bicyclic) bond motifs is 5. The lowest BCUT2D eigenvalue weighted by Gasteiger charge is -2.01. The molecule has 0 amide bonds. The largest absolute Gasteiger partial charge is 0.425 e. The van der Waals surface area contributed by atoms with Crippen LogP contribution in [0.2, 0.25) is 0 Å². The van der Waals surface area contributed by atoms with Gasteiger partial charge < -0.3 is 8.83 Å². The molecule has 2 aromatic heterocycles. The van der Waals surface area contributed by atoms with Gasteiger partial charge in [-0.3, -0.25) is 0 Å². The first-order valence-corrected chi connectivity index (χ1v) is 9.16. The molecule has 0 radical (unpaired) electrons. The zero-order valence-corrected chi connectivity index (χ0v) is 14.5. The lowest BCUT2D eigenvalue weighted by molar-refractivity contribution is 0.524. The molecule has 0 saturated heterocycles. The number of hydrogen-bond acceptors (Lipinski definition) is 2. The zero-order chi connectivity index (χ0) is 16.5. The van der Waals surface area contributed by atoms with Gasteiger partial charge in [-0.05, 0) is 61.1 Å². The molecule has 124 valence electrons. The Labute approximate surface area is 142 Å². The van der Waals surface area contributed by atoms with Crippen LogP contribution >= 0.6 is 0 Å². The highest BCUT2D eigenvalue weighted by Crippen LogP contribution is 2.38. The van der Waals surface area contributed by atoms with Gasteiger partial charge in [-0.1, -0.05) is 38.8 Å². The number of hydrogen-bond donors (Lipinski definition) is 0. The fraction of sp³-hybridized carbons (Fsp3) is 0.364. The number of furan rings is 2. The molecule has 2 heterocycles. The Morgan fingerprint density at radius 1 is 0.708 bits per heavy atom. The Morgan fingerprint density at radius 3 is 1.67 bits per heavy atom. The van der Waals surface area contributed by atoms with Crippen molar-refractivity contribution in [3.8, 4) is 0 Å². The number of unbranched alkanes of at least 4 members (excludes halogenated alkanes) is 2. The van der Waals surface area contributed by atoms with Crippen LogP contribution in [0.5, 0.6) is 0 Å². The van der Waals surface area contributed by atoms with Crippen LogP contribution in [0.25, 0.3) is 33.1 Å². The summed E-state index contributed by atoms with van der Waals surface area (Å²) >= 11 is 0. The molecule has 0 aliphatic heterocycles. The second-order valence-corrected chi connectivity index (χ2v) is 6.73. The summed E-state index contributed by atoms with van der Waals surface area (Å²) < 4.78 is 11.9. The van der Waals surface area contributed by atoms with Crippen molar-refractivity contribution in [2.75, 3.05) is 0 Å². The van der Waals surface area contributed by atoms with Gasteiger partial charge in [0, 0.05) is 10.8 Å². The smallest absolute Gasteiger partial charge is 0.299 e. The molecule has 0 aliphatic rings. The van der Waals surface area contributed by atoms with Crippen molar-refractivity contribution in [3.63, 3.8) is 0 Å². The van der Waals surface area contributed by atoms with Crippen molar-refractivity contribution in [1.29, 1.82) is 0 Å². The van der Waals surface area contributed by atoms with E-state index >= 15 is 0 Å². The van der Waals surface area contributed by atoms with E-state index in [0.29, 0.717) is 5.78 Å². The first kappa shape index (κ1) is 15.3. The van der Waals surface area contributed by atoms with Gasteiger partial charge in [-0.25, -0.2) is 0 Å². The van der Waals surface area contributed by atoms with Crippen molar-refractivity contribution >= 4 is 33.1 Å². The van der Waals surface area contributed by atoms with Gasteiger partial charge in [0.05, 0.1) is 5.39 Å². The SMILES string of the molecule is CCCCc1ccc2oc3oc4ccc(CCCC)cc4c3c2c1. The lowest BCUT2D eigenvalue weighted by Crippen LogP contribution is -1.84. The third-order valence-electron chi connectivity index (χ3n) is 4.87. The minimum absolute atomic E-state index is 0.653. The summed E-state index contributed by atoms with van der Waals surface area (Å²) in [4.78, 5) is 0. The molecule has 0 spiro atoms. The highest BCUT2D eigenvalue weighted by molar-refractivity contribution is 6.17. The van der Waals surface area contributed by atoms with Crippen LogP contribution in [-0.2, 0) is 12.8 Å². The maximum absolute atomic E-state index is 5.95. The van der Waals surface area contributed by atoms with Crippen LogP contribution in [0.4, 0.5) is 0 Å². The van der Waals surface area contributed by atoms with Crippen molar-refractivity contribution in [1.82, 2.24) is 0 Å². The second kappa shape index (κ2) is 6.35. The molecule has 2 aromatic carbocycles. The molecular weight excluding hydrogens is 296 g/mol. The van der Waals surface area contributed by atoms with Crippen LogP contribution in [0.1, 0.15) is 50.7 Å². The molecule has 24 heavy (non-hydrogen) atoms. The van der Waals surface area contributed by atoms with E-state index in [1.54, 1.807) is 0 Å². The fourth-order valence-corrected chi connectivity index (χ4v) is 3.48. The summed E-state index contributed by atoms with van der Waals surface area (Å²) in [7, 11) is 0. The third kappa shape index (κ3) is 2.60. The maximum Gasteiger partial charge on any atom is 0.299 e. The zero-order valence-electron chi connectivity index (χ0n) is 14.5. The monoisotopic (exact) mass is 320 g/mol. The van der Waals surface area contributed by atoms with E-state index in [-0.39, 0.29) is 0 Å². The molecule has 4 rings (SSSR count). The summed E-state index contributed by atoms with van der Waals surface area (Å²) in [5, 5.41) is 3.51. The molecule has 2 nitrogen and oxygen atoms in total. The topological polar surface area (TPSA) is 26.3 Å². The molecule has 0 fully saturated rings. The summed E-state index contributed by atoms with van der Waals surface area (Å²) in [6.07, 6.45) is 7.12. The summed E-state index contributed by atoms with van der Waals surface area (Å²) in [5.74, 6) is 0.653. The van der Waals surface area contributed by atoms with Crippen LogP contribution in [-0.4, -0.2) is 0 Å². The Kier molecular flexibility index (Phi) is 4.05. The predicted octanol–water partition coefficient (Wildman–Crippen LogP) is 7.02. The van der Waals surface area contributed by atoms with E-state index < -0.39 is 0 Å². The molecule has 0 atom stereocenters. The van der Waals surface area contributed by atoms with E-state index in [9.17, 15) is 0 Å². The Balaban J connectivity index is 1.88. The molecule has 0 bridgehead atoms. The van der Waals surface area contributed by atoms with Gasteiger partial charge >= 0.3 is 0 Å². The van der Waals surface area contributed by atoms with Crippen LogP contribution in [0.15, 0.2) is 45.2 Å². The first-order valence-electron chi connectivity index (χ1n) is 9.16. The molecule has 0 aliphatic carbocycles. The lowest BCUT2D eigenvalue weighted by atomic mass is 10.0. The van der Waals surface area contributed by atoms with Crippen molar-refractivity contribution < 1.29 is 8.83 Å². The molecular formula is C22H24O2. The van der Waals surface area contributed by atoms with E-state index in [2.05, 4.69) is 50.2 Å². The van der Waals surface area contributed by atoms with Crippen LogP contribution in [0.3, 0.4) is 0 Å². The number of benzene rings is 2. The first-order chi connectivity index (χ1) is 11.8. The molecule has 4 aromatic rings. The second-order valence-electron chi connectivity index (χ2n) is 6.73. The van der Waals surface area contributed by atoms with Gasteiger partial charge in [-0.2, -0.15) is 0 Å². The number of aryl methyl sites for hydroxylation is 2. The van der Waals surface area contributed by atoms with Gasteiger partial charge in [0.1, 0.15) is 11.2 Å². The summed E-state index contributed by atoms with van der Waals surface area (Å²) in [6, 6.07) is 13.1.